The van der Waals surface area contributed by atoms with E-state index < -0.39 is 23.5 Å². The van der Waals surface area contributed by atoms with Crippen LogP contribution in [0.25, 0.3) is 0 Å². The van der Waals surface area contributed by atoms with Crippen molar-refractivity contribution < 1.29 is 18.0 Å². The highest BCUT2D eigenvalue weighted by Gasteiger charge is 2.12. The minimum Gasteiger partial charge on any atom is -0.305 e. The molecule has 7 heteroatoms. The highest BCUT2D eigenvalue weighted by atomic mass is 79.9. The number of para-hydroxylation sites is 1. The maximum Gasteiger partial charge on any atom is 0.323 e. The van der Waals surface area contributed by atoms with E-state index in [1.165, 1.54) is 18.2 Å². The number of carbonyl (C=O) groups is 1. The van der Waals surface area contributed by atoms with Gasteiger partial charge in [0.2, 0.25) is 0 Å². The first kappa shape index (κ1) is 14.4. The SMILES string of the molecule is O=C(Nc1ccccc1F)Nc1cc(F)c(Br)cc1F. The van der Waals surface area contributed by atoms with Crippen LogP contribution in [0, 0.1) is 17.5 Å². The van der Waals surface area contributed by atoms with Gasteiger partial charge < -0.3 is 10.6 Å². The number of hydrogen-bond donors (Lipinski definition) is 2. The lowest BCUT2D eigenvalue weighted by atomic mass is 10.3. The molecule has 2 aromatic rings. The second-order valence-corrected chi connectivity index (χ2v) is 4.66. The number of urea groups is 1. The van der Waals surface area contributed by atoms with Gasteiger partial charge in [-0.05, 0) is 34.1 Å². The fourth-order valence-electron chi connectivity index (χ4n) is 1.46. The first-order chi connectivity index (χ1) is 9.47. The van der Waals surface area contributed by atoms with Gasteiger partial charge in [-0.1, -0.05) is 12.1 Å². The summed E-state index contributed by atoms with van der Waals surface area (Å²) in [6, 6.07) is 6.31. The van der Waals surface area contributed by atoms with Crippen LogP contribution in [0.2, 0.25) is 0 Å². The number of hydrogen-bond acceptors (Lipinski definition) is 1. The van der Waals surface area contributed by atoms with Crippen LogP contribution in [-0.2, 0) is 0 Å². The molecule has 0 aromatic heterocycles. The highest BCUT2D eigenvalue weighted by molar-refractivity contribution is 9.10. The molecule has 2 N–H and O–H groups in total. The van der Waals surface area contributed by atoms with Gasteiger partial charge in [-0.2, -0.15) is 0 Å². The predicted molar refractivity (Wildman–Crippen MR) is 73.1 cm³/mol. The van der Waals surface area contributed by atoms with E-state index in [9.17, 15) is 18.0 Å². The predicted octanol–water partition coefficient (Wildman–Crippen LogP) is 4.51. The van der Waals surface area contributed by atoms with Crippen molar-refractivity contribution in [1.29, 1.82) is 0 Å². The van der Waals surface area contributed by atoms with E-state index in [4.69, 9.17) is 0 Å². The smallest absolute Gasteiger partial charge is 0.305 e. The molecule has 104 valence electrons. The molecule has 3 nitrogen and oxygen atoms in total. The second kappa shape index (κ2) is 5.96. The van der Waals surface area contributed by atoms with Crippen molar-refractivity contribution in [3.63, 3.8) is 0 Å². The van der Waals surface area contributed by atoms with Gasteiger partial charge in [0, 0.05) is 6.07 Å². The summed E-state index contributed by atoms with van der Waals surface area (Å²) in [5.74, 6) is -2.18. The zero-order valence-electron chi connectivity index (χ0n) is 9.88. The quantitative estimate of drug-likeness (QED) is 0.773. The van der Waals surface area contributed by atoms with Crippen LogP contribution in [-0.4, -0.2) is 6.03 Å². The summed E-state index contributed by atoms with van der Waals surface area (Å²) in [6.45, 7) is 0. The van der Waals surface area contributed by atoms with Gasteiger partial charge in [0.15, 0.2) is 0 Å². The summed E-state index contributed by atoms with van der Waals surface area (Å²) < 4.78 is 40.0. The van der Waals surface area contributed by atoms with E-state index in [0.717, 1.165) is 18.2 Å². The summed E-state index contributed by atoms with van der Waals surface area (Å²) in [5, 5.41) is 4.30. The second-order valence-electron chi connectivity index (χ2n) is 3.81. The zero-order valence-corrected chi connectivity index (χ0v) is 11.5. The topological polar surface area (TPSA) is 41.1 Å². The summed E-state index contributed by atoms with van der Waals surface area (Å²) in [5.41, 5.74) is -0.414. The third-order valence-electron chi connectivity index (χ3n) is 2.38. The first-order valence-corrected chi connectivity index (χ1v) is 6.24. The largest absolute Gasteiger partial charge is 0.323 e. The minimum atomic E-state index is -0.879. The van der Waals surface area contributed by atoms with Crippen molar-refractivity contribution in [3.05, 3.63) is 58.3 Å². The molecule has 0 saturated carbocycles. The maximum absolute atomic E-state index is 13.5. The molecule has 0 aliphatic carbocycles. The molecule has 0 aliphatic heterocycles. The normalized spacial score (nSPS) is 10.2. The van der Waals surface area contributed by atoms with Crippen molar-refractivity contribution >= 4 is 33.3 Å². The number of anilines is 2. The molecule has 2 aromatic carbocycles. The van der Waals surface area contributed by atoms with E-state index in [1.807, 2.05) is 0 Å². The zero-order chi connectivity index (χ0) is 14.7. The average Bonchev–Trinajstić information content (AvgIpc) is 2.39. The third kappa shape index (κ3) is 3.30. The number of benzene rings is 2. The monoisotopic (exact) mass is 344 g/mol. The van der Waals surface area contributed by atoms with Crippen LogP contribution in [0.3, 0.4) is 0 Å². The highest BCUT2D eigenvalue weighted by Crippen LogP contribution is 2.23. The standard InChI is InChI=1S/C13H8BrF3N2O/c14-7-5-10(17)12(6-9(7)16)19-13(20)18-11-4-2-1-3-8(11)15/h1-6H,(H2,18,19,20). The third-order valence-corrected chi connectivity index (χ3v) is 2.99. The Hall–Kier alpha value is -2.02. The van der Waals surface area contributed by atoms with E-state index in [0.29, 0.717) is 0 Å². The van der Waals surface area contributed by atoms with Crippen LogP contribution in [0.1, 0.15) is 0 Å². The average molecular weight is 345 g/mol. The fraction of sp³-hybridized carbons (Fsp3) is 0. The van der Waals surface area contributed by atoms with E-state index in [2.05, 4.69) is 26.6 Å². The van der Waals surface area contributed by atoms with E-state index in [1.54, 1.807) is 0 Å². The van der Waals surface area contributed by atoms with Gasteiger partial charge in [0.25, 0.3) is 0 Å². The molecule has 0 bridgehead atoms. The lowest BCUT2D eigenvalue weighted by Gasteiger charge is -2.09. The molecular formula is C13H8BrF3N2O. The van der Waals surface area contributed by atoms with Crippen LogP contribution in [0.5, 0.6) is 0 Å². The van der Waals surface area contributed by atoms with E-state index in [-0.39, 0.29) is 15.8 Å². The molecule has 20 heavy (non-hydrogen) atoms. The Labute approximate surface area is 120 Å². The molecule has 2 amide bonds. The number of rotatable bonds is 2. The van der Waals surface area contributed by atoms with Crippen molar-refractivity contribution in [2.45, 2.75) is 0 Å². The Morgan fingerprint density at radius 2 is 1.55 bits per heavy atom. The summed E-state index contributed by atoms with van der Waals surface area (Å²) in [6.07, 6.45) is 0. The Morgan fingerprint density at radius 1 is 0.900 bits per heavy atom. The van der Waals surface area contributed by atoms with E-state index >= 15 is 0 Å². The molecule has 0 radical (unpaired) electrons. The molecule has 0 atom stereocenters. The molecule has 0 fully saturated rings. The molecule has 0 aliphatic rings. The van der Waals surface area contributed by atoms with Crippen LogP contribution in [0.15, 0.2) is 40.9 Å². The van der Waals surface area contributed by atoms with Gasteiger partial charge in [-0.3, -0.25) is 0 Å². The van der Waals surface area contributed by atoms with Gasteiger partial charge in [0.05, 0.1) is 15.8 Å². The first-order valence-electron chi connectivity index (χ1n) is 5.44. The number of carbonyl (C=O) groups excluding carboxylic acids is 1. The lowest BCUT2D eigenvalue weighted by molar-refractivity contribution is 0.262. The van der Waals surface area contributed by atoms with Crippen molar-refractivity contribution in [2.24, 2.45) is 0 Å². The van der Waals surface area contributed by atoms with Crippen LogP contribution < -0.4 is 10.6 Å². The molecule has 2 rings (SSSR count). The fourth-order valence-corrected chi connectivity index (χ4v) is 1.77. The number of amides is 2. The number of nitrogens with one attached hydrogen (secondary N) is 2. The lowest BCUT2D eigenvalue weighted by Crippen LogP contribution is -2.20. The molecular weight excluding hydrogens is 337 g/mol. The van der Waals surface area contributed by atoms with Gasteiger partial charge in [0.1, 0.15) is 17.5 Å². The van der Waals surface area contributed by atoms with Gasteiger partial charge >= 0.3 is 6.03 Å². The van der Waals surface area contributed by atoms with Crippen LogP contribution in [0.4, 0.5) is 29.3 Å². The minimum absolute atomic E-state index is 0.0601. The molecule has 0 saturated heterocycles. The molecule has 0 spiro atoms. The Morgan fingerprint density at radius 3 is 2.25 bits per heavy atom. The van der Waals surface area contributed by atoms with Crippen molar-refractivity contribution in [2.75, 3.05) is 10.6 Å². The van der Waals surface area contributed by atoms with Crippen molar-refractivity contribution in [3.8, 4) is 0 Å². The summed E-state index contributed by atoms with van der Waals surface area (Å²) >= 11 is 2.82. The number of halogens is 4. The van der Waals surface area contributed by atoms with Gasteiger partial charge in [-0.25, -0.2) is 18.0 Å². The Bertz CT molecular complexity index is 664. The Balaban J connectivity index is 2.13. The summed E-state index contributed by atoms with van der Waals surface area (Å²) in [7, 11) is 0. The summed E-state index contributed by atoms with van der Waals surface area (Å²) in [4.78, 5) is 11.6. The maximum atomic E-state index is 13.5. The molecule has 0 heterocycles. The Kier molecular flexibility index (Phi) is 4.29. The van der Waals surface area contributed by atoms with Crippen molar-refractivity contribution in [1.82, 2.24) is 0 Å². The van der Waals surface area contributed by atoms with Gasteiger partial charge in [-0.15, -0.1) is 0 Å². The molecule has 0 unspecified atom stereocenters. The van der Waals surface area contributed by atoms with Crippen LogP contribution >= 0.6 is 15.9 Å².